The van der Waals surface area contributed by atoms with Gasteiger partial charge in [-0.1, -0.05) is 11.6 Å². The van der Waals surface area contributed by atoms with E-state index in [9.17, 15) is 14.7 Å². The molecule has 0 heterocycles. The van der Waals surface area contributed by atoms with Gasteiger partial charge in [-0.2, -0.15) is 0 Å². The van der Waals surface area contributed by atoms with E-state index in [0.717, 1.165) is 12.8 Å². The third kappa shape index (κ3) is 4.67. The molecule has 148 valence electrons. The Morgan fingerprint density at radius 3 is 2.57 bits per heavy atom. The van der Waals surface area contributed by atoms with Gasteiger partial charge < -0.3 is 25.0 Å². The van der Waals surface area contributed by atoms with Crippen molar-refractivity contribution in [3.05, 3.63) is 46.5 Å². The minimum absolute atomic E-state index is 0.248. The lowest BCUT2D eigenvalue weighted by Gasteiger charge is -2.15. The Morgan fingerprint density at radius 2 is 1.96 bits per heavy atom. The van der Waals surface area contributed by atoms with Crippen LogP contribution in [-0.2, 0) is 0 Å². The molecule has 3 N–H and O–H groups in total. The molecule has 7 nitrogen and oxygen atoms in total. The summed E-state index contributed by atoms with van der Waals surface area (Å²) in [4.78, 5) is 23.6. The number of hydrogen-bond acceptors (Lipinski definition) is 5. The predicted molar refractivity (Wildman–Crippen MR) is 104 cm³/mol. The highest BCUT2D eigenvalue weighted by molar-refractivity contribution is 6.32. The molecule has 0 saturated heterocycles. The molecule has 0 spiro atoms. The Balaban J connectivity index is 1.82. The fourth-order valence-electron chi connectivity index (χ4n) is 2.58. The number of carbonyl (C=O) groups excluding carboxylic acids is 1. The molecule has 0 aromatic heterocycles. The molecule has 0 atom stereocenters. The van der Waals surface area contributed by atoms with Crippen LogP contribution in [0.2, 0.25) is 5.02 Å². The van der Waals surface area contributed by atoms with Crippen LogP contribution in [0.15, 0.2) is 30.3 Å². The summed E-state index contributed by atoms with van der Waals surface area (Å²) in [6.45, 7) is 2.77. The first-order chi connectivity index (χ1) is 13.4. The Kier molecular flexibility index (Phi) is 5.94. The van der Waals surface area contributed by atoms with Gasteiger partial charge in [0.1, 0.15) is 11.3 Å². The summed E-state index contributed by atoms with van der Waals surface area (Å²) in [7, 11) is 0. The van der Waals surface area contributed by atoms with Crippen molar-refractivity contribution in [1.82, 2.24) is 0 Å². The van der Waals surface area contributed by atoms with Gasteiger partial charge >= 0.3 is 5.97 Å². The van der Waals surface area contributed by atoms with Gasteiger partial charge in [-0.05, 0) is 49.9 Å². The van der Waals surface area contributed by atoms with Crippen LogP contribution in [0.5, 0.6) is 17.2 Å². The number of anilines is 1. The standard InChI is InChI=1S/C20H20ClNO6/c1-2-27-18-15(21)7-12(8-17(18)28-10-11-3-4-11)19(24)22-13-5-6-14(20(25)26)16(23)9-13/h5-9,11,23H,2-4,10H2,1H3,(H,22,24)(H,25,26). The first-order valence-corrected chi connectivity index (χ1v) is 9.23. The number of carboxylic acids is 1. The first-order valence-electron chi connectivity index (χ1n) is 8.85. The van der Waals surface area contributed by atoms with E-state index in [2.05, 4.69) is 5.32 Å². The zero-order valence-electron chi connectivity index (χ0n) is 15.2. The number of carbonyl (C=O) groups is 2. The van der Waals surface area contributed by atoms with Crippen molar-refractivity contribution in [2.24, 2.45) is 5.92 Å². The topological polar surface area (TPSA) is 105 Å². The third-order valence-corrected chi connectivity index (χ3v) is 4.50. The van der Waals surface area contributed by atoms with Crippen LogP contribution in [0.4, 0.5) is 5.69 Å². The van der Waals surface area contributed by atoms with Gasteiger partial charge in [0.2, 0.25) is 0 Å². The minimum atomic E-state index is -1.26. The molecule has 0 bridgehead atoms. The number of halogens is 1. The number of benzene rings is 2. The van der Waals surface area contributed by atoms with Crippen LogP contribution in [-0.4, -0.2) is 35.3 Å². The Bertz CT molecular complexity index is 910. The largest absolute Gasteiger partial charge is 0.507 e. The second-order valence-corrected chi connectivity index (χ2v) is 6.87. The predicted octanol–water partition coefficient (Wildman–Crippen LogP) is 4.18. The number of ether oxygens (including phenoxy) is 2. The van der Waals surface area contributed by atoms with Crippen LogP contribution < -0.4 is 14.8 Å². The molecule has 1 aliphatic rings. The summed E-state index contributed by atoms with van der Waals surface area (Å²) in [6.07, 6.45) is 2.24. The van der Waals surface area contributed by atoms with E-state index in [-0.39, 0.29) is 21.8 Å². The van der Waals surface area contributed by atoms with Gasteiger partial charge in [0.05, 0.1) is 18.2 Å². The Morgan fingerprint density at radius 1 is 1.21 bits per heavy atom. The van der Waals surface area contributed by atoms with Crippen molar-refractivity contribution in [2.45, 2.75) is 19.8 Å². The van der Waals surface area contributed by atoms with E-state index in [1.807, 2.05) is 6.92 Å². The van der Waals surface area contributed by atoms with E-state index < -0.39 is 17.6 Å². The molecule has 3 rings (SSSR count). The Hall–Kier alpha value is -2.93. The fraction of sp³-hybridized carbons (Fsp3) is 0.300. The maximum Gasteiger partial charge on any atom is 0.339 e. The summed E-state index contributed by atoms with van der Waals surface area (Å²) in [6, 6.07) is 6.80. The number of nitrogens with one attached hydrogen (secondary N) is 1. The minimum Gasteiger partial charge on any atom is -0.507 e. The van der Waals surface area contributed by atoms with Crippen molar-refractivity contribution in [2.75, 3.05) is 18.5 Å². The number of carboxylic acid groups (broad SMARTS) is 1. The summed E-state index contributed by atoms with van der Waals surface area (Å²) in [5.41, 5.74) is 0.247. The van der Waals surface area contributed by atoms with Gasteiger partial charge in [0.15, 0.2) is 11.5 Å². The molecule has 1 aliphatic carbocycles. The molecule has 0 aliphatic heterocycles. The quantitative estimate of drug-likeness (QED) is 0.608. The molecule has 0 unspecified atom stereocenters. The monoisotopic (exact) mass is 405 g/mol. The van der Waals surface area contributed by atoms with Crippen molar-refractivity contribution in [3.63, 3.8) is 0 Å². The lowest BCUT2D eigenvalue weighted by atomic mass is 10.1. The van der Waals surface area contributed by atoms with E-state index in [4.69, 9.17) is 26.2 Å². The molecular formula is C20H20ClNO6. The molecular weight excluding hydrogens is 386 g/mol. The van der Waals surface area contributed by atoms with Gasteiger partial charge in [0.25, 0.3) is 5.91 Å². The van der Waals surface area contributed by atoms with Gasteiger partial charge in [-0.15, -0.1) is 0 Å². The van der Waals surface area contributed by atoms with E-state index in [0.29, 0.717) is 30.6 Å². The molecule has 28 heavy (non-hydrogen) atoms. The number of amides is 1. The zero-order chi connectivity index (χ0) is 20.3. The normalized spacial score (nSPS) is 13.1. The van der Waals surface area contributed by atoms with Crippen molar-refractivity contribution in [3.8, 4) is 17.2 Å². The highest BCUT2D eigenvalue weighted by Gasteiger charge is 2.24. The van der Waals surface area contributed by atoms with Crippen LogP contribution in [0.3, 0.4) is 0 Å². The molecule has 1 fully saturated rings. The molecule has 1 saturated carbocycles. The third-order valence-electron chi connectivity index (χ3n) is 4.22. The van der Waals surface area contributed by atoms with Crippen molar-refractivity contribution in [1.29, 1.82) is 0 Å². The molecule has 1 amide bonds. The van der Waals surface area contributed by atoms with Crippen molar-refractivity contribution < 1.29 is 29.3 Å². The van der Waals surface area contributed by atoms with Crippen LogP contribution >= 0.6 is 11.6 Å². The van der Waals surface area contributed by atoms with Gasteiger partial charge in [-0.3, -0.25) is 4.79 Å². The summed E-state index contributed by atoms with van der Waals surface area (Å²) < 4.78 is 11.3. The molecule has 2 aromatic rings. The lowest BCUT2D eigenvalue weighted by molar-refractivity contribution is 0.0693. The van der Waals surface area contributed by atoms with E-state index in [1.54, 1.807) is 6.07 Å². The van der Waals surface area contributed by atoms with Crippen LogP contribution in [0.1, 0.15) is 40.5 Å². The second kappa shape index (κ2) is 8.39. The average molecular weight is 406 g/mol. The molecule has 8 heteroatoms. The maximum absolute atomic E-state index is 12.6. The van der Waals surface area contributed by atoms with E-state index in [1.165, 1.54) is 24.3 Å². The average Bonchev–Trinajstić information content (AvgIpc) is 3.46. The number of aromatic carboxylic acids is 1. The summed E-state index contributed by atoms with van der Waals surface area (Å²) in [5.74, 6) is -0.875. The Labute approximate surface area is 166 Å². The molecule has 2 aromatic carbocycles. The highest BCUT2D eigenvalue weighted by Crippen LogP contribution is 2.38. The SMILES string of the molecule is CCOc1c(Cl)cc(C(=O)Nc2ccc(C(=O)O)c(O)c2)cc1OCC1CC1. The fourth-order valence-corrected chi connectivity index (χ4v) is 2.84. The number of aromatic hydroxyl groups is 1. The number of hydrogen-bond donors (Lipinski definition) is 3. The van der Waals surface area contributed by atoms with Crippen LogP contribution in [0.25, 0.3) is 0 Å². The van der Waals surface area contributed by atoms with Gasteiger partial charge in [-0.25, -0.2) is 4.79 Å². The maximum atomic E-state index is 12.6. The van der Waals surface area contributed by atoms with Gasteiger partial charge in [0, 0.05) is 17.3 Å². The number of rotatable bonds is 8. The highest BCUT2D eigenvalue weighted by atomic mass is 35.5. The van der Waals surface area contributed by atoms with E-state index >= 15 is 0 Å². The van der Waals surface area contributed by atoms with Crippen LogP contribution in [0, 0.1) is 5.92 Å². The number of phenols is 1. The molecule has 0 radical (unpaired) electrons. The summed E-state index contributed by atoms with van der Waals surface area (Å²) in [5, 5.41) is 21.6. The second-order valence-electron chi connectivity index (χ2n) is 6.46. The van der Waals surface area contributed by atoms with Crippen molar-refractivity contribution >= 4 is 29.2 Å². The lowest BCUT2D eigenvalue weighted by Crippen LogP contribution is -2.13. The smallest absolute Gasteiger partial charge is 0.339 e. The zero-order valence-corrected chi connectivity index (χ0v) is 16.0. The summed E-state index contributed by atoms with van der Waals surface area (Å²) >= 11 is 6.28. The first kappa shape index (κ1) is 19.8.